The molecule has 33 heavy (non-hydrogen) atoms. The topological polar surface area (TPSA) is 68.1 Å². The fourth-order valence-corrected chi connectivity index (χ4v) is 5.21. The standard InChI is InChI=1S/C25H31ClN6O/c1-4-5-8-32-17(2)23(14-28-32)30-24-27-13-19-11-21(26)20(12-22(19)29-24)18-6-9-31(10-7-18)25(3)15-33-16-25/h4,11-14,18H,1,5-10,15-16H2,2-3H3,(H,27,29,30). The number of aromatic nitrogens is 4. The van der Waals surface area contributed by atoms with Crippen LogP contribution < -0.4 is 5.32 Å². The highest BCUT2D eigenvalue weighted by molar-refractivity contribution is 6.32. The molecule has 3 aromatic rings. The molecule has 0 atom stereocenters. The zero-order chi connectivity index (χ0) is 23.0. The van der Waals surface area contributed by atoms with Crippen LogP contribution in [0.25, 0.3) is 10.9 Å². The number of nitrogens with zero attached hydrogens (tertiary/aromatic N) is 5. The average molecular weight is 467 g/mol. The number of aryl methyl sites for hydroxylation is 1. The molecule has 7 nitrogen and oxygen atoms in total. The molecule has 0 spiro atoms. The number of allylic oxidation sites excluding steroid dienone is 1. The van der Waals surface area contributed by atoms with Crippen LogP contribution in [0, 0.1) is 6.92 Å². The minimum Gasteiger partial charge on any atom is -0.377 e. The van der Waals surface area contributed by atoms with Crippen LogP contribution in [0.15, 0.2) is 37.2 Å². The lowest BCUT2D eigenvalue weighted by Crippen LogP contribution is -2.61. The molecule has 8 heteroatoms. The predicted octanol–water partition coefficient (Wildman–Crippen LogP) is 5.08. The van der Waals surface area contributed by atoms with Crippen LogP contribution in [0.1, 0.15) is 43.4 Å². The van der Waals surface area contributed by atoms with Gasteiger partial charge in [-0.25, -0.2) is 9.97 Å². The predicted molar refractivity (Wildman–Crippen MR) is 132 cm³/mol. The molecule has 1 N–H and O–H groups in total. The molecule has 2 aliphatic heterocycles. The Morgan fingerprint density at radius 2 is 2.06 bits per heavy atom. The maximum Gasteiger partial charge on any atom is 0.227 e. The first-order valence-corrected chi connectivity index (χ1v) is 12.0. The Kier molecular flexibility index (Phi) is 6.12. The lowest BCUT2D eigenvalue weighted by molar-refractivity contribution is -0.136. The third kappa shape index (κ3) is 4.37. The van der Waals surface area contributed by atoms with Gasteiger partial charge >= 0.3 is 0 Å². The number of likely N-dealkylation sites (tertiary alicyclic amines) is 1. The summed E-state index contributed by atoms with van der Waals surface area (Å²) in [5.74, 6) is 1.01. The van der Waals surface area contributed by atoms with E-state index in [9.17, 15) is 0 Å². The van der Waals surface area contributed by atoms with Crippen LogP contribution in [-0.2, 0) is 11.3 Å². The molecule has 0 amide bonds. The van der Waals surface area contributed by atoms with Gasteiger partial charge in [-0.3, -0.25) is 9.58 Å². The minimum absolute atomic E-state index is 0.212. The van der Waals surface area contributed by atoms with Gasteiger partial charge in [0.1, 0.15) is 0 Å². The van der Waals surface area contributed by atoms with Crippen LogP contribution in [0.4, 0.5) is 11.6 Å². The molecule has 0 radical (unpaired) electrons. The van der Waals surface area contributed by atoms with Crippen molar-refractivity contribution in [1.29, 1.82) is 0 Å². The lowest BCUT2D eigenvalue weighted by atomic mass is 9.86. The fourth-order valence-electron chi connectivity index (χ4n) is 4.88. The molecule has 0 aliphatic carbocycles. The maximum atomic E-state index is 6.71. The van der Waals surface area contributed by atoms with E-state index < -0.39 is 0 Å². The van der Waals surface area contributed by atoms with E-state index in [2.05, 4.69) is 39.9 Å². The number of piperidine rings is 1. The molecule has 0 bridgehead atoms. The first-order valence-electron chi connectivity index (χ1n) is 11.7. The molecule has 2 saturated heterocycles. The van der Waals surface area contributed by atoms with Gasteiger partial charge in [0.25, 0.3) is 0 Å². The minimum atomic E-state index is 0.212. The quantitative estimate of drug-likeness (QED) is 0.490. The number of nitrogens with one attached hydrogen (secondary N) is 1. The monoisotopic (exact) mass is 466 g/mol. The Bertz CT molecular complexity index is 1160. The van der Waals surface area contributed by atoms with Gasteiger partial charge in [-0.05, 0) is 69.8 Å². The van der Waals surface area contributed by atoms with Crippen molar-refractivity contribution in [1.82, 2.24) is 24.6 Å². The second kappa shape index (κ2) is 9.05. The van der Waals surface area contributed by atoms with E-state index in [1.165, 1.54) is 5.56 Å². The normalized spacial score (nSPS) is 18.9. The van der Waals surface area contributed by atoms with Crippen molar-refractivity contribution in [2.75, 3.05) is 31.6 Å². The van der Waals surface area contributed by atoms with Gasteiger partial charge in [-0.2, -0.15) is 5.10 Å². The smallest absolute Gasteiger partial charge is 0.227 e. The maximum absolute atomic E-state index is 6.71. The van der Waals surface area contributed by atoms with Crippen LogP contribution in [-0.4, -0.2) is 56.5 Å². The average Bonchev–Trinajstić information content (AvgIpc) is 3.15. The molecule has 1 aromatic carbocycles. The third-order valence-electron chi connectivity index (χ3n) is 7.12. The van der Waals surface area contributed by atoms with E-state index in [0.717, 1.165) is 79.4 Å². The van der Waals surface area contributed by atoms with Crippen molar-refractivity contribution in [2.24, 2.45) is 0 Å². The van der Waals surface area contributed by atoms with Crippen molar-refractivity contribution in [3.8, 4) is 0 Å². The molecule has 0 unspecified atom stereocenters. The summed E-state index contributed by atoms with van der Waals surface area (Å²) in [5, 5.41) is 9.54. The first kappa shape index (κ1) is 22.3. The Morgan fingerprint density at radius 1 is 1.27 bits per heavy atom. The van der Waals surface area contributed by atoms with Gasteiger partial charge in [-0.15, -0.1) is 6.58 Å². The summed E-state index contributed by atoms with van der Waals surface area (Å²) in [6, 6.07) is 4.15. The van der Waals surface area contributed by atoms with Gasteiger partial charge in [0.2, 0.25) is 5.95 Å². The van der Waals surface area contributed by atoms with Gasteiger partial charge in [-0.1, -0.05) is 17.7 Å². The molecule has 2 fully saturated rings. The zero-order valence-corrected chi connectivity index (χ0v) is 20.1. The van der Waals surface area contributed by atoms with Gasteiger partial charge < -0.3 is 10.1 Å². The van der Waals surface area contributed by atoms with E-state index in [1.54, 1.807) is 0 Å². The highest BCUT2D eigenvalue weighted by Gasteiger charge is 2.41. The Balaban J connectivity index is 1.34. The van der Waals surface area contributed by atoms with Gasteiger partial charge in [0, 0.05) is 23.2 Å². The number of ether oxygens (including phenoxy) is 1. The van der Waals surface area contributed by atoms with Crippen molar-refractivity contribution in [3.63, 3.8) is 0 Å². The van der Waals surface area contributed by atoms with Crippen molar-refractivity contribution in [3.05, 3.63) is 53.5 Å². The molecule has 4 heterocycles. The number of hydrogen-bond donors (Lipinski definition) is 1. The highest BCUT2D eigenvalue weighted by Crippen LogP contribution is 2.38. The van der Waals surface area contributed by atoms with Crippen LogP contribution in [0.2, 0.25) is 5.02 Å². The number of anilines is 2. The highest BCUT2D eigenvalue weighted by atomic mass is 35.5. The number of halogens is 1. The molecule has 174 valence electrons. The molecular formula is C25H31ClN6O. The SMILES string of the molecule is C=CCCn1ncc(Nc2ncc3cc(Cl)c(C4CCN(C5(C)COC5)CC4)cc3n2)c1C. The van der Waals surface area contributed by atoms with Crippen LogP contribution in [0.5, 0.6) is 0 Å². The Labute approximate surface area is 199 Å². The third-order valence-corrected chi connectivity index (χ3v) is 7.44. The van der Waals surface area contributed by atoms with E-state index >= 15 is 0 Å². The van der Waals surface area contributed by atoms with E-state index in [1.807, 2.05) is 36.1 Å². The second-order valence-electron chi connectivity index (χ2n) is 9.45. The van der Waals surface area contributed by atoms with Gasteiger partial charge in [0.15, 0.2) is 0 Å². The van der Waals surface area contributed by atoms with Crippen molar-refractivity contribution in [2.45, 2.75) is 51.1 Å². The Morgan fingerprint density at radius 3 is 2.76 bits per heavy atom. The van der Waals surface area contributed by atoms with Crippen molar-refractivity contribution >= 4 is 34.1 Å². The summed E-state index contributed by atoms with van der Waals surface area (Å²) < 4.78 is 7.42. The molecule has 0 saturated carbocycles. The first-order chi connectivity index (χ1) is 16.0. The molecule has 2 aliphatic rings. The summed E-state index contributed by atoms with van der Waals surface area (Å²) in [6.07, 6.45) is 8.62. The van der Waals surface area contributed by atoms with Crippen molar-refractivity contribution < 1.29 is 4.74 Å². The van der Waals surface area contributed by atoms with E-state index in [0.29, 0.717) is 11.9 Å². The number of hydrogen-bond acceptors (Lipinski definition) is 6. The summed E-state index contributed by atoms with van der Waals surface area (Å²) in [7, 11) is 0. The Hall–Kier alpha value is -2.48. The summed E-state index contributed by atoms with van der Waals surface area (Å²) >= 11 is 6.71. The summed E-state index contributed by atoms with van der Waals surface area (Å²) in [5.41, 5.74) is 4.27. The number of fused-ring (bicyclic) bond motifs is 1. The fraction of sp³-hybridized carbons (Fsp3) is 0.480. The summed E-state index contributed by atoms with van der Waals surface area (Å²) in [4.78, 5) is 11.9. The molecular weight excluding hydrogens is 436 g/mol. The van der Waals surface area contributed by atoms with E-state index in [-0.39, 0.29) is 5.54 Å². The zero-order valence-electron chi connectivity index (χ0n) is 19.4. The van der Waals surface area contributed by atoms with E-state index in [4.69, 9.17) is 21.3 Å². The van der Waals surface area contributed by atoms with Crippen LogP contribution in [0.3, 0.4) is 0 Å². The van der Waals surface area contributed by atoms with Gasteiger partial charge in [0.05, 0.1) is 41.8 Å². The largest absolute Gasteiger partial charge is 0.377 e. The second-order valence-corrected chi connectivity index (χ2v) is 9.85. The lowest BCUT2D eigenvalue weighted by Gasteiger charge is -2.50. The number of benzene rings is 1. The van der Waals surface area contributed by atoms with Crippen LogP contribution >= 0.6 is 11.6 Å². The molecule has 2 aromatic heterocycles. The summed E-state index contributed by atoms with van der Waals surface area (Å²) in [6.45, 7) is 12.8. The molecule has 5 rings (SSSR count). The number of rotatable bonds is 7.